The van der Waals surface area contributed by atoms with E-state index in [-0.39, 0.29) is 5.41 Å². The Bertz CT molecular complexity index is 506. The molecule has 0 saturated heterocycles. The summed E-state index contributed by atoms with van der Waals surface area (Å²) in [6.45, 7) is 8.81. The van der Waals surface area contributed by atoms with Crippen LogP contribution in [0.25, 0.3) is 0 Å². The van der Waals surface area contributed by atoms with Crippen LogP contribution in [0.15, 0.2) is 17.8 Å². The van der Waals surface area contributed by atoms with Crippen molar-refractivity contribution >= 4 is 11.3 Å². The van der Waals surface area contributed by atoms with Gasteiger partial charge in [0.25, 0.3) is 0 Å². The highest BCUT2D eigenvalue weighted by atomic mass is 32.1. The molecule has 0 amide bonds. The fraction of sp³-hybridized carbons (Fsp3) is 0.571. The van der Waals surface area contributed by atoms with E-state index in [1.165, 1.54) is 5.01 Å². The molecule has 0 aliphatic rings. The number of hydrogen-bond donors (Lipinski definition) is 0. The quantitative estimate of drug-likeness (QED) is 0.848. The number of imidazole rings is 1. The number of hydrogen-bond acceptors (Lipinski definition) is 3. The molecule has 1 unspecified atom stereocenters. The molecule has 2 rings (SSSR count). The standard InChI is InChI=1S/C14H21N3S/c1-10(12-15-6-7-18-12)8-11-9-17(5)13(16-11)14(2,3)4/h6-7,9-10H,8H2,1-5H3. The van der Waals surface area contributed by atoms with Crippen LogP contribution >= 0.6 is 11.3 Å². The summed E-state index contributed by atoms with van der Waals surface area (Å²) in [7, 11) is 2.07. The molecule has 2 aromatic rings. The van der Waals surface area contributed by atoms with Gasteiger partial charge in [0.05, 0.1) is 10.7 Å². The second-order valence-electron chi connectivity index (χ2n) is 5.89. The van der Waals surface area contributed by atoms with E-state index in [0.29, 0.717) is 5.92 Å². The molecule has 0 radical (unpaired) electrons. The van der Waals surface area contributed by atoms with Gasteiger partial charge in [0, 0.05) is 42.6 Å². The smallest absolute Gasteiger partial charge is 0.114 e. The highest BCUT2D eigenvalue weighted by Crippen LogP contribution is 2.25. The molecule has 0 saturated carbocycles. The average Bonchev–Trinajstić information content (AvgIpc) is 2.85. The molecule has 0 aromatic carbocycles. The van der Waals surface area contributed by atoms with E-state index < -0.39 is 0 Å². The van der Waals surface area contributed by atoms with Crippen molar-refractivity contribution in [2.24, 2.45) is 7.05 Å². The second kappa shape index (κ2) is 4.84. The van der Waals surface area contributed by atoms with Gasteiger partial charge in [-0.2, -0.15) is 0 Å². The van der Waals surface area contributed by atoms with Crippen LogP contribution in [0, 0.1) is 0 Å². The first kappa shape index (κ1) is 13.3. The van der Waals surface area contributed by atoms with Gasteiger partial charge in [0.1, 0.15) is 5.82 Å². The minimum Gasteiger partial charge on any atom is -0.337 e. The van der Waals surface area contributed by atoms with Gasteiger partial charge in [-0.25, -0.2) is 9.97 Å². The summed E-state index contributed by atoms with van der Waals surface area (Å²) in [5, 5.41) is 3.23. The molecule has 1 atom stereocenters. The van der Waals surface area contributed by atoms with Crippen LogP contribution in [0.4, 0.5) is 0 Å². The number of aryl methyl sites for hydroxylation is 1. The van der Waals surface area contributed by atoms with Crippen molar-refractivity contribution in [3.63, 3.8) is 0 Å². The Morgan fingerprint density at radius 1 is 1.39 bits per heavy atom. The third-order valence-corrected chi connectivity index (χ3v) is 3.99. The summed E-state index contributed by atoms with van der Waals surface area (Å²) in [5.74, 6) is 1.58. The molecule has 0 fully saturated rings. The molecular formula is C14H21N3S. The van der Waals surface area contributed by atoms with Crippen LogP contribution in [-0.2, 0) is 18.9 Å². The minimum absolute atomic E-state index is 0.0947. The predicted molar refractivity (Wildman–Crippen MR) is 76.1 cm³/mol. The summed E-state index contributed by atoms with van der Waals surface area (Å²) in [5.41, 5.74) is 1.25. The molecule has 18 heavy (non-hydrogen) atoms. The van der Waals surface area contributed by atoms with Crippen LogP contribution in [0.1, 0.15) is 50.1 Å². The zero-order chi connectivity index (χ0) is 13.3. The maximum absolute atomic E-state index is 4.77. The van der Waals surface area contributed by atoms with Crippen molar-refractivity contribution in [1.82, 2.24) is 14.5 Å². The Labute approximate surface area is 113 Å². The van der Waals surface area contributed by atoms with Gasteiger partial charge in [-0.1, -0.05) is 27.7 Å². The zero-order valence-corrected chi connectivity index (χ0v) is 12.6. The Morgan fingerprint density at radius 3 is 2.61 bits per heavy atom. The molecular weight excluding hydrogens is 242 g/mol. The maximum Gasteiger partial charge on any atom is 0.114 e. The Balaban J connectivity index is 2.16. The van der Waals surface area contributed by atoms with Crippen molar-refractivity contribution in [3.05, 3.63) is 34.3 Å². The molecule has 0 bridgehead atoms. The predicted octanol–water partition coefficient (Wildman–Crippen LogP) is 3.52. The van der Waals surface area contributed by atoms with Gasteiger partial charge in [0.15, 0.2) is 0 Å². The summed E-state index contributed by atoms with van der Waals surface area (Å²) < 4.78 is 2.14. The van der Waals surface area contributed by atoms with E-state index in [1.54, 1.807) is 11.3 Å². The SMILES string of the molecule is CC(Cc1cn(C)c(C(C)(C)C)n1)c1nccs1. The van der Waals surface area contributed by atoms with Crippen LogP contribution < -0.4 is 0 Å². The monoisotopic (exact) mass is 263 g/mol. The number of thiazole rings is 1. The molecule has 0 aliphatic carbocycles. The van der Waals surface area contributed by atoms with Crippen LogP contribution in [0.3, 0.4) is 0 Å². The third-order valence-electron chi connectivity index (χ3n) is 2.99. The first-order valence-electron chi connectivity index (χ1n) is 6.30. The number of rotatable bonds is 3. The van der Waals surface area contributed by atoms with Gasteiger partial charge >= 0.3 is 0 Å². The topological polar surface area (TPSA) is 30.7 Å². The second-order valence-corrected chi connectivity index (χ2v) is 6.82. The summed E-state index contributed by atoms with van der Waals surface area (Å²) >= 11 is 1.72. The van der Waals surface area contributed by atoms with Gasteiger partial charge in [0.2, 0.25) is 0 Å². The molecule has 3 nitrogen and oxygen atoms in total. The molecule has 4 heteroatoms. The van der Waals surface area contributed by atoms with Gasteiger partial charge in [-0.15, -0.1) is 11.3 Å². The van der Waals surface area contributed by atoms with E-state index in [4.69, 9.17) is 4.98 Å². The van der Waals surface area contributed by atoms with Crippen LogP contribution in [-0.4, -0.2) is 14.5 Å². The molecule has 0 spiro atoms. The van der Waals surface area contributed by atoms with E-state index >= 15 is 0 Å². The Morgan fingerprint density at radius 2 is 2.11 bits per heavy atom. The summed E-state index contributed by atoms with van der Waals surface area (Å²) in [6, 6.07) is 0. The van der Waals surface area contributed by atoms with Gasteiger partial charge in [-0.05, 0) is 0 Å². The Kier molecular flexibility index (Phi) is 3.57. The lowest BCUT2D eigenvalue weighted by molar-refractivity contribution is 0.521. The Hall–Kier alpha value is -1.16. The van der Waals surface area contributed by atoms with Crippen molar-refractivity contribution < 1.29 is 0 Å². The van der Waals surface area contributed by atoms with Crippen LogP contribution in [0.2, 0.25) is 0 Å². The first-order chi connectivity index (χ1) is 8.38. The maximum atomic E-state index is 4.77. The molecule has 0 aliphatic heterocycles. The van der Waals surface area contributed by atoms with E-state index in [2.05, 4.69) is 50.5 Å². The highest BCUT2D eigenvalue weighted by Gasteiger charge is 2.21. The number of aromatic nitrogens is 3. The minimum atomic E-state index is 0.0947. The lowest BCUT2D eigenvalue weighted by Gasteiger charge is -2.17. The fourth-order valence-corrected chi connectivity index (χ4v) is 2.90. The normalized spacial score (nSPS) is 13.8. The third kappa shape index (κ3) is 2.80. The lowest BCUT2D eigenvalue weighted by Crippen LogP contribution is -2.17. The summed E-state index contributed by atoms with van der Waals surface area (Å²) in [6.07, 6.45) is 4.97. The highest BCUT2D eigenvalue weighted by molar-refractivity contribution is 7.09. The average molecular weight is 263 g/mol. The van der Waals surface area contributed by atoms with Crippen molar-refractivity contribution in [2.45, 2.75) is 45.4 Å². The van der Waals surface area contributed by atoms with Crippen molar-refractivity contribution in [3.8, 4) is 0 Å². The largest absolute Gasteiger partial charge is 0.337 e. The summed E-state index contributed by atoms with van der Waals surface area (Å²) in [4.78, 5) is 9.14. The van der Waals surface area contributed by atoms with E-state index in [9.17, 15) is 0 Å². The molecule has 2 aromatic heterocycles. The van der Waals surface area contributed by atoms with Gasteiger partial charge in [-0.3, -0.25) is 0 Å². The fourth-order valence-electron chi connectivity index (χ4n) is 2.20. The first-order valence-corrected chi connectivity index (χ1v) is 7.18. The molecule has 98 valence electrons. The van der Waals surface area contributed by atoms with E-state index in [1.807, 2.05) is 11.6 Å². The van der Waals surface area contributed by atoms with Gasteiger partial charge < -0.3 is 4.57 Å². The zero-order valence-electron chi connectivity index (χ0n) is 11.8. The molecule has 0 N–H and O–H groups in total. The van der Waals surface area contributed by atoms with Crippen LogP contribution in [0.5, 0.6) is 0 Å². The lowest BCUT2D eigenvalue weighted by atomic mass is 9.96. The van der Waals surface area contributed by atoms with E-state index in [0.717, 1.165) is 17.9 Å². The molecule has 2 heterocycles. The number of nitrogens with zero attached hydrogens (tertiary/aromatic N) is 3. The van der Waals surface area contributed by atoms with Crippen molar-refractivity contribution in [2.75, 3.05) is 0 Å². The van der Waals surface area contributed by atoms with Crippen molar-refractivity contribution in [1.29, 1.82) is 0 Å².